The molecular weight excluding hydrogens is 234 g/mol. The fraction of sp³-hybridized carbons (Fsp3) is 0.545. The number of carbonyl (C=O) groups excluding carboxylic acids is 2. The Bertz CT molecular complexity index is 439. The van der Waals surface area contributed by atoms with Gasteiger partial charge in [-0.15, -0.1) is 0 Å². The van der Waals surface area contributed by atoms with Gasteiger partial charge in [0, 0.05) is 6.54 Å². The molecule has 0 fully saturated rings. The average molecular weight is 253 g/mol. The van der Waals surface area contributed by atoms with Gasteiger partial charge in [-0.1, -0.05) is 13.8 Å². The smallest absolute Gasteiger partial charge is 0.274 e. The molecule has 7 nitrogen and oxygen atoms in total. The number of nitrogen functional groups attached to an aromatic ring is 1. The number of nitrogens with one attached hydrogen (secondary N) is 3. The summed E-state index contributed by atoms with van der Waals surface area (Å²) in [4.78, 5) is 23.1. The van der Waals surface area contributed by atoms with E-state index in [4.69, 9.17) is 5.73 Å². The summed E-state index contributed by atoms with van der Waals surface area (Å²) in [6, 6.07) is 0. The molecule has 0 radical (unpaired) electrons. The molecule has 2 amide bonds. The Morgan fingerprint density at radius 2 is 2.06 bits per heavy atom. The Hall–Kier alpha value is -2.05. The lowest BCUT2D eigenvalue weighted by Crippen LogP contribution is -2.38. The van der Waals surface area contributed by atoms with Crippen LogP contribution in [0.5, 0.6) is 0 Å². The fourth-order valence-corrected chi connectivity index (χ4v) is 1.24. The zero-order valence-corrected chi connectivity index (χ0v) is 10.8. The molecule has 0 spiro atoms. The van der Waals surface area contributed by atoms with E-state index in [1.165, 1.54) is 0 Å². The average Bonchev–Trinajstić information content (AvgIpc) is 2.64. The van der Waals surface area contributed by atoms with Gasteiger partial charge >= 0.3 is 0 Å². The highest BCUT2D eigenvalue weighted by Crippen LogP contribution is 2.11. The Kier molecular flexibility index (Phi) is 4.70. The summed E-state index contributed by atoms with van der Waals surface area (Å²) in [6.45, 7) is 6.20. The van der Waals surface area contributed by atoms with Gasteiger partial charge in [0.2, 0.25) is 5.91 Å². The number of rotatable bonds is 5. The van der Waals surface area contributed by atoms with Crippen LogP contribution in [0, 0.1) is 12.8 Å². The molecule has 0 saturated heterocycles. The molecule has 0 atom stereocenters. The number of aromatic nitrogens is 2. The molecule has 0 unspecified atom stereocenters. The highest BCUT2D eigenvalue weighted by Gasteiger charge is 2.15. The summed E-state index contributed by atoms with van der Waals surface area (Å²) >= 11 is 0. The van der Waals surface area contributed by atoms with Crippen LogP contribution in [-0.4, -0.2) is 35.1 Å². The number of aromatic amines is 1. The zero-order valence-electron chi connectivity index (χ0n) is 10.8. The third kappa shape index (κ3) is 3.76. The second kappa shape index (κ2) is 6.04. The predicted octanol–water partition coefficient (Wildman–Crippen LogP) is -0.198. The van der Waals surface area contributed by atoms with Crippen molar-refractivity contribution >= 4 is 17.5 Å². The second-order valence-corrected chi connectivity index (χ2v) is 4.49. The van der Waals surface area contributed by atoms with Crippen LogP contribution in [0.4, 0.5) is 5.69 Å². The van der Waals surface area contributed by atoms with E-state index < -0.39 is 5.91 Å². The van der Waals surface area contributed by atoms with Gasteiger partial charge in [-0.25, -0.2) is 0 Å². The molecule has 1 heterocycles. The van der Waals surface area contributed by atoms with Crippen molar-refractivity contribution < 1.29 is 9.59 Å². The van der Waals surface area contributed by atoms with E-state index in [2.05, 4.69) is 20.8 Å². The lowest BCUT2D eigenvalue weighted by atomic mass is 10.2. The first-order valence-electron chi connectivity index (χ1n) is 5.77. The van der Waals surface area contributed by atoms with Crippen molar-refractivity contribution in [2.75, 3.05) is 18.8 Å². The molecule has 0 aliphatic heterocycles. The molecular formula is C11H19N5O2. The maximum atomic E-state index is 11.7. The maximum absolute atomic E-state index is 11.7. The lowest BCUT2D eigenvalue weighted by Gasteiger charge is -2.08. The van der Waals surface area contributed by atoms with Gasteiger partial charge in [0.25, 0.3) is 5.91 Å². The topological polar surface area (TPSA) is 113 Å². The van der Waals surface area contributed by atoms with Crippen LogP contribution >= 0.6 is 0 Å². The normalized spacial score (nSPS) is 10.4. The SMILES string of the molecule is Cc1[nH]nc(C(=O)NCC(=O)NCC(C)C)c1N. The van der Waals surface area contributed by atoms with Crippen molar-refractivity contribution in [1.29, 1.82) is 0 Å². The van der Waals surface area contributed by atoms with Crippen LogP contribution in [0.3, 0.4) is 0 Å². The summed E-state index contributed by atoms with van der Waals surface area (Å²) in [7, 11) is 0. The minimum absolute atomic E-state index is 0.0864. The Morgan fingerprint density at radius 1 is 1.39 bits per heavy atom. The van der Waals surface area contributed by atoms with Gasteiger partial charge in [0.15, 0.2) is 5.69 Å². The van der Waals surface area contributed by atoms with Crippen molar-refractivity contribution in [1.82, 2.24) is 20.8 Å². The third-order valence-corrected chi connectivity index (χ3v) is 2.33. The minimum atomic E-state index is -0.462. The second-order valence-electron chi connectivity index (χ2n) is 4.49. The van der Waals surface area contributed by atoms with Crippen molar-refractivity contribution in [3.63, 3.8) is 0 Å². The molecule has 7 heteroatoms. The number of aryl methyl sites for hydroxylation is 1. The van der Waals surface area contributed by atoms with Crippen LogP contribution in [0.15, 0.2) is 0 Å². The van der Waals surface area contributed by atoms with Crippen molar-refractivity contribution in [3.8, 4) is 0 Å². The van der Waals surface area contributed by atoms with Crippen molar-refractivity contribution in [2.45, 2.75) is 20.8 Å². The lowest BCUT2D eigenvalue weighted by molar-refractivity contribution is -0.120. The van der Waals surface area contributed by atoms with E-state index in [0.717, 1.165) is 0 Å². The summed E-state index contributed by atoms with van der Waals surface area (Å²) in [5, 5.41) is 11.5. The van der Waals surface area contributed by atoms with E-state index in [0.29, 0.717) is 23.8 Å². The molecule has 100 valence electrons. The standard InChI is InChI=1S/C11H19N5O2/c1-6(2)4-13-8(17)5-14-11(18)10-9(12)7(3)15-16-10/h6H,4-5,12H2,1-3H3,(H,13,17)(H,14,18)(H,15,16). The Labute approximate surface area is 106 Å². The van der Waals surface area contributed by atoms with Crippen molar-refractivity contribution in [3.05, 3.63) is 11.4 Å². The minimum Gasteiger partial charge on any atom is -0.395 e. The maximum Gasteiger partial charge on any atom is 0.274 e. The number of nitrogens with zero attached hydrogens (tertiary/aromatic N) is 1. The third-order valence-electron chi connectivity index (χ3n) is 2.33. The zero-order chi connectivity index (χ0) is 13.7. The van der Waals surface area contributed by atoms with Crippen LogP contribution in [0.25, 0.3) is 0 Å². The van der Waals surface area contributed by atoms with Crippen LogP contribution in [0.2, 0.25) is 0 Å². The van der Waals surface area contributed by atoms with Crippen molar-refractivity contribution in [2.24, 2.45) is 5.92 Å². The summed E-state index contributed by atoms with van der Waals surface area (Å²) in [6.07, 6.45) is 0. The van der Waals surface area contributed by atoms with E-state index >= 15 is 0 Å². The first-order chi connectivity index (χ1) is 8.41. The van der Waals surface area contributed by atoms with Crippen LogP contribution in [-0.2, 0) is 4.79 Å². The molecule has 1 rings (SSSR count). The number of carbonyl (C=O) groups is 2. The van der Waals surface area contributed by atoms with E-state index in [1.807, 2.05) is 13.8 Å². The first kappa shape index (κ1) is 14.0. The molecule has 0 aromatic carbocycles. The van der Waals surface area contributed by atoms with Gasteiger partial charge in [-0.05, 0) is 12.8 Å². The predicted molar refractivity (Wildman–Crippen MR) is 67.9 cm³/mol. The van der Waals surface area contributed by atoms with E-state index in [1.54, 1.807) is 6.92 Å². The summed E-state index contributed by atoms with van der Waals surface area (Å²) in [5.41, 5.74) is 6.70. The van der Waals surface area contributed by atoms with Crippen LogP contribution in [0.1, 0.15) is 30.0 Å². The monoisotopic (exact) mass is 253 g/mol. The van der Waals surface area contributed by atoms with Gasteiger partial charge in [0.05, 0.1) is 17.9 Å². The van der Waals surface area contributed by atoms with Gasteiger partial charge in [-0.3, -0.25) is 14.7 Å². The number of hydrogen-bond donors (Lipinski definition) is 4. The largest absolute Gasteiger partial charge is 0.395 e. The van der Waals surface area contributed by atoms with Gasteiger partial charge in [-0.2, -0.15) is 5.10 Å². The van der Waals surface area contributed by atoms with Crippen LogP contribution < -0.4 is 16.4 Å². The molecule has 0 saturated carbocycles. The number of nitrogens with two attached hydrogens (primary N) is 1. The quantitative estimate of drug-likeness (QED) is 0.582. The van der Waals surface area contributed by atoms with E-state index in [9.17, 15) is 9.59 Å². The summed E-state index contributed by atoms with van der Waals surface area (Å²) < 4.78 is 0. The number of H-pyrrole nitrogens is 1. The molecule has 18 heavy (non-hydrogen) atoms. The molecule has 1 aromatic rings. The molecule has 0 aliphatic rings. The molecule has 0 aliphatic carbocycles. The first-order valence-corrected chi connectivity index (χ1v) is 5.77. The highest BCUT2D eigenvalue weighted by molar-refractivity contribution is 5.99. The van der Waals surface area contributed by atoms with E-state index in [-0.39, 0.29) is 18.1 Å². The molecule has 1 aromatic heterocycles. The summed E-state index contributed by atoms with van der Waals surface area (Å²) in [5.74, 6) is -0.325. The van der Waals surface area contributed by atoms with Gasteiger partial charge in [0.1, 0.15) is 0 Å². The van der Waals surface area contributed by atoms with Gasteiger partial charge < -0.3 is 16.4 Å². The fourth-order valence-electron chi connectivity index (χ4n) is 1.24. The number of hydrogen-bond acceptors (Lipinski definition) is 4. The Balaban J connectivity index is 2.42. The number of anilines is 1. The Morgan fingerprint density at radius 3 is 2.56 bits per heavy atom. The highest BCUT2D eigenvalue weighted by atomic mass is 16.2. The molecule has 0 bridgehead atoms. The molecule has 5 N–H and O–H groups in total. The number of amides is 2.